The Balaban J connectivity index is 5.03. The highest BCUT2D eigenvalue weighted by molar-refractivity contribution is 5.70. The van der Waals surface area contributed by atoms with E-state index in [1.54, 1.807) is 0 Å². The molecule has 0 aromatic carbocycles. The van der Waals surface area contributed by atoms with Gasteiger partial charge in [0.25, 0.3) is 0 Å². The van der Waals surface area contributed by atoms with Crippen molar-refractivity contribution in [3.63, 3.8) is 0 Å². The molecule has 0 bridgehead atoms. The number of nitrogens with zero attached hydrogens (tertiary/aromatic N) is 3. The fraction of sp³-hybridized carbons (Fsp3) is 0.927. The largest absolute Gasteiger partial charge is 0.465 e. The molecule has 3 atom stereocenters. The van der Waals surface area contributed by atoms with E-state index in [9.17, 15) is 14.4 Å². The molecule has 9 nitrogen and oxygen atoms in total. The van der Waals surface area contributed by atoms with Crippen molar-refractivity contribution in [3.8, 4) is 0 Å². The summed E-state index contributed by atoms with van der Waals surface area (Å²) in [6, 6.07) is 0. The zero-order valence-electron chi connectivity index (χ0n) is 34.1. The highest BCUT2D eigenvalue weighted by Crippen LogP contribution is 2.15. The fourth-order valence-corrected chi connectivity index (χ4v) is 6.02. The molecule has 0 N–H and O–H groups in total. The van der Waals surface area contributed by atoms with Crippen molar-refractivity contribution in [3.05, 3.63) is 0 Å². The number of ether oxygens (including phenoxy) is 3. The van der Waals surface area contributed by atoms with Crippen molar-refractivity contribution < 1.29 is 28.6 Å². The Morgan fingerprint density at radius 3 is 1.12 bits per heavy atom. The van der Waals surface area contributed by atoms with E-state index < -0.39 is 0 Å². The van der Waals surface area contributed by atoms with E-state index in [-0.39, 0.29) is 17.9 Å². The molecular formula is C41H81N3O6. The maximum absolute atomic E-state index is 12.7. The molecule has 0 rings (SSSR count). The van der Waals surface area contributed by atoms with Crippen LogP contribution in [-0.2, 0) is 28.6 Å². The average molecular weight is 712 g/mol. The molecule has 0 saturated carbocycles. The van der Waals surface area contributed by atoms with Crippen LogP contribution in [0.4, 0.5) is 0 Å². The van der Waals surface area contributed by atoms with E-state index in [4.69, 9.17) is 14.2 Å². The van der Waals surface area contributed by atoms with Crippen LogP contribution in [-0.4, -0.2) is 112 Å². The van der Waals surface area contributed by atoms with Crippen LogP contribution in [0.2, 0.25) is 0 Å². The molecule has 0 aliphatic heterocycles. The van der Waals surface area contributed by atoms with Gasteiger partial charge in [-0.05, 0) is 57.0 Å². The number of likely N-dealkylation sites (N-methyl/N-ethyl adjacent to an activating group) is 1. The van der Waals surface area contributed by atoms with E-state index in [0.717, 1.165) is 103 Å². The number of rotatable bonds is 35. The first-order valence-corrected chi connectivity index (χ1v) is 20.8. The zero-order chi connectivity index (χ0) is 37.4. The molecule has 0 aromatic heterocycles. The number of hydrogen-bond acceptors (Lipinski definition) is 9. The normalized spacial score (nSPS) is 13.5. The number of carbonyl (C=O) groups excluding carboxylic acids is 3. The molecule has 0 aliphatic rings. The molecule has 0 spiro atoms. The van der Waals surface area contributed by atoms with Crippen molar-refractivity contribution in [2.24, 2.45) is 17.8 Å². The monoisotopic (exact) mass is 712 g/mol. The highest BCUT2D eigenvalue weighted by atomic mass is 16.5. The third-order valence-corrected chi connectivity index (χ3v) is 10.1. The molecule has 0 aliphatic carbocycles. The van der Waals surface area contributed by atoms with Gasteiger partial charge in [0.05, 0.1) is 39.1 Å². The first kappa shape index (κ1) is 48.3. The van der Waals surface area contributed by atoms with Crippen LogP contribution in [0.25, 0.3) is 0 Å². The quantitative estimate of drug-likeness (QED) is 0.0475. The minimum Gasteiger partial charge on any atom is -0.465 e. The summed E-state index contributed by atoms with van der Waals surface area (Å²) in [5.74, 6) is 0.871. The van der Waals surface area contributed by atoms with E-state index in [1.807, 2.05) is 0 Å². The maximum Gasteiger partial charge on any atom is 0.307 e. The van der Waals surface area contributed by atoms with Crippen LogP contribution in [0.15, 0.2) is 0 Å². The van der Waals surface area contributed by atoms with Crippen LogP contribution in [0.1, 0.15) is 151 Å². The van der Waals surface area contributed by atoms with Gasteiger partial charge in [0.15, 0.2) is 0 Å². The van der Waals surface area contributed by atoms with E-state index >= 15 is 0 Å². The van der Waals surface area contributed by atoms with Gasteiger partial charge >= 0.3 is 17.9 Å². The lowest BCUT2D eigenvalue weighted by Crippen LogP contribution is -2.41. The van der Waals surface area contributed by atoms with Crippen LogP contribution in [0.3, 0.4) is 0 Å². The third-order valence-electron chi connectivity index (χ3n) is 10.1. The zero-order valence-corrected chi connectivity index (χ0v) is 34.1. The molecule has 0 fully saturated rings. The first-order valence-electron chi connectivity index (χ1n) is 20.8. The summed E-state index contributed by atoms with van der Waals surface area (Å²) in [5.41, 5.74) is 0. The van der Waals surface area contributed by atoms with E-state index in [0.29, 0.717) is 76.5 Å². The van der Waals surface area contributed by atoms with Crippen molar-refractivity contribution in [1.29, 1.82) is 0 Å². The third kappa shape index (κ3) is 27.0. The van der Waals surface area contributed by atoms with Crippen molar-refractivity contribution in [2.75, 3.05) is 79.2 Å². The summed E-state index contributed by atoms with van der Waals surface area (Å²) in [4.78, 5) is 44.8. The summed E-state index contributed by atoms with van der Waals surface area (Å²) < 4.78 is 17.0. The number of unbranched alkanes of at least 4 members (excludes halogenated alkanes) is 3. The molecule has 0 heterocycles. The number of esters is 3. The Hall–Kier alpha value is -1.71. The Bertz CT molecular complexity index is 792. The topological polar surface area (TPSA) is 88.6 Å². The van der Waals surface area contributed by atoms with Gasteiger partial charge in [-0.1, -0.05) is 106 Å². The second-order valence-electron chi connectivity index (χ2n) is 14.5. The Labute approximate surface area is 308 Å². The molecule has 9 heteroatoms. The Morgan fingerprint density at radius 2 is 0.780 bits per heavy atom. The molecule has 0 saturated heterocycles. The molecule has 0 aromatic rings. The van der Waals surface area contributed by atoms with Crippen LogP contribution in [0, 0.1) is 17.8 Å². The molecule has 296 valence electrons. The SMILES string of the molecule is CCCCC(CC)COC(=O)CCN(C)CCN(CCC)CCN(CCC(=O)OCC(CC)CCCC)CCC(=O)OCC(CC)CCCC. The predicted molar refractivity (Wildman–Crippen MR) is 207 cm³/mol. The summed E-state index contributed by atoms with van der Waals surface area (Å²) in [5, 5.41) is 0. The van der Waals surface area contributed by atoms with Crippen LogP contribution < -0.4 is 0 Å². The smallest absolute Gasteiger partial charge is 0.307 e. The maximum atomic E-state index is 12.7. The lowest BCUT2D eigenvalue weighted by Gasteiger charge is -2.29. The van der Waals surface area contributed by atoms with Crippen LogP contribution >= 0.6 is 0 Å². The van der Waals surface area contributed by atoms with Crippen molar-refractivity contribution in [2.45, 2.75) is 151 Å². The lowest BCUT2D eigenvalue weighted by molar-refractivity contribution is -0.146. The second kappa shape index (κ2) is 33.1. The molecule has 3 unspecified atom stereocenters. The van der Waals surface area contributed by atoms with Crippen LogP contribution in [0.5, 0.6) is 0 Å². The fourth-order valence-electron chi connectivity index (χ4n) is 6.02. The molecular weight excluding hydrogens is 630 g/mol. The van der Waals surface area contributed by atoms with Gasteiger partial charge in [-0.25, -0.2) is 0 Å². The minimum atomic E-state index is -0.161. The van der Waals surface area contributed by atoms with Gasteiger partial charge in [-0.3, -0.25) is 14.4 Å². The number of hydrogen-bond donors (Lipinski definition) is 0. The van der Waals surface area contributed by atoms with Gasteiger partial charge in [0.2, 0.25) is 0 Å². The summed E-state index contributed by atoms with van der Waals surface area (Å²) >= 11 is 0. The highest BCUT2D eigenvalue weighted by Gasteiger charge is 2.17. The Kier molecular flexibility index (Phi) is 32.0. The minimum absolute atomic E-state index is 0.109. The van der Waals surface area contributed by atoms with Gasteiger partial charge in [-0.15, -0.1) is 0 Å². The van der Waals surface area contributed by atoms with Gasteiger partial charge in [-0.2, -0.15) is 0 Å². The predicted octanol–water partition coefficient (Wildman–Crippen LogP) is 8.38. The lowest BCUT2D eigenvalue weighted by atomic mass is 10.0. The summed E-state index contributed by atoms with van der Waals surface area (Å²) in [6.07, 6.45) is 15.4. The summed E-state index contributed by atoms with van der Waals surface area (Å²) in [6.45, 7) is 22.9. The van der Waals surface area contributed by atoms with Gasteiger partial charge in [0, 0.05) is 45.8 Å². The Morgan fingerprint density at radius 1 is 0.440 bits per heavy atom. The van der Waals surface area contributed by atoms with E-state index in [2.05, 4.69) is 70.2 Å². The molecule has 0 amide bonds. The standard InChI is InChI=1S/C41H81N3O6/c1-9-16-19-36(13-5)33-48-39(45)22-26-42(8)29-30-43(25-12-4)31-32-44(27-23-40(46)49-34-37(14-6)20-17-10-2)28-24-41(47)50-35-38(15-7)21-18-11-3/h36-38H,9-35H2,1-8H3. The molecule has 50 heavy (non-hydrogen) atoms. The van der Waals surface area contributed by atoms with E-state index in [1.165, 1.54) is 12.8 Å². The van der Waals surface area contributed by atoms with Gasteiger partial charge < -0.3 is 28.9 Å². The van der Waals surface area contributed by atoms with Crippen molar-refractivity contribution in [1.82, 2.24) is 14.7 Å². The average Bonchev–Trinajstić information content (AvgIpc) is 3.12. The molecule has 0 radical (unpaired) electrons. The number of carbonyl (C=O) groups is 3. The van der Waals surface area contributed by atoms with Gasteiger partial charge in [0.1, 0.15) is 0 Å². The second-order valence-corrected chi connectivity index (χ2v) is 14.5. The first-order chi connectivity index (χ1) is 24.1. The van der Waals surface area contributed by atoms with Crippen molar-refractivity contribution >= 4 is 17.9 Å². The summed E-state index contributed by atoms with van der Waals surface area (Å²) in [7, 11) is 2.06.